The van der Waals surface area contributed by atoms with E-state index in [9.17, 15) is 18.0 Å². The van der Waals surface area contributed by atoms with Crippen LogP contribution in [0.5, 0.6) is 0 Å². The Morgan fingerprint density at radius 3 is 2.64 bits per heavy atom. The Kier molecular flexibility index (Phi) is 6.66. The second-order valence-electron chi connectivity index (χ2n) is 6.99. The van der Waals surface area contributed by atoms with Crippen LogP contribution in [0.1, 0.15) is 12.5 Å². The first-order chi connectivity index (χ1) is 13.3. The summed E-state index contributed by atoms with van der Waals surface area (Å²) in [5, 5.41) is 0.619. The molecule has 1 aliphatic heterocycles. The third-order valence-corrected chi connectivity index (χ3v) is 5.85. The van der Waals surface area contributed by atoms with E-state index in [1.165, 1.54) is 36.2 Å². The number of halogens is 3. The maximum Gasteiger partial charge on any atom is 0.416 e. The number of H-pyrrole nitrogens is 1. The average Bonchev–Trinajstić information content (AvgIpc) is 2.66. The monoisotopic (exact) mass is 412 g/mol. The molecule has 0 amide bonds. The van der Waals surface area contributed by atoms with Crippen molar-refractivity contribution < 1.29 is 13.2 Å². The number of nitrogens with zero attached hydrogens (tertiary/aromatic N) is 3. The van der Waals surface area contributed by atoms with Crippen molar-refractivity contribution >= 4 is 17.4 Å². The van der Waals surface area contributed by atoms with Crippen molar-refractivity contribution in [2.45, 2.75) is 18.3 Å². The van der Waals surface area contributed by atoms with Gasteiger partial charge in [-0.3, -0.25) is 9.69 Å². The van der Waals surface area contributed by atoms with Gasteiger partial charge in [-0.15, -0.1) is 0 Å². The Labute approximate surface area is 166 Å². The predicted molar refractivity (Wildman–Crippen MR) is 105 cm³/mol. The molecule has 1 aliphatic rings. The van der Waals surface area contributed by atoms with E-state index in [4.69, 9.17) is 0 Å². The van der Waals surface area contributed by atoms with Crippen LogP contribution in [-0.2, 0) is 6.18 Å². The van der Waals surface area contributed by atoms with E-state index < -0.39 is 11.7 Å². The number of hydrogen-bond donors (Lipinski definition) is 1. The maximum atomic E-state index is 12.9. The zero-order valence-corrected chi connectivity index (χ0v) is 16.4. The smallest absolute Gasteiger partial charge is 0.369 e. The van der Waals surface area contributed by atoms with Crippen LogP contribution in [0.3, 0.4) is 0 Å². The van der Waals surface area contributed by atoms with Crippen LogP contribution in [0.2, 0.25) is 0 Å². The maximum absolute atomic E-state index is 12.9. The van der Waals surface area contributed by atoms with Gasteiger partial charge < -0.3 is 9.88 Å². The summed E-state index contributed by atoms with van der Waals surface area (Å²) in [6.45, 7) is 6.08. The van der Waals surface area contributed by atoms with E-state index in [1.807, 2.05) is 4.90 Å². The molecular formula is C19H23F3N4OS. The quantitative estimate of drug-likeness (QED) is 0.583. The molecule has 1 N–H and O–H groups in total. The minimum atomic E-state index is -4.32. The number of aromatic amines is 1. The lowest BCUT2D eigenvalue weighted by atomic mass is 10.1. The number of hydrogen-bond acceptors (Lipinski definition) is 5. The number of anilines is 1. The minimum Gasteiger partial charge on any atom is -0.369 e. The normalized spacial score (nSPS) is 16.9. The third-order valence-electron chi connectivity index (χ3n) is 4.63. The lowest BCUT2D eigenvalue weighted by Crippen LogP contribution is -2.47. The van der Waals surface area contributed by atoms with Crippen LogP contribution in [0.4, 0.5) is 18.9 Å². The van der Waals surface area contributed by atoms with Crippen LogP contribution in [0.25, 0.3) is 0 Å². The number of alkyl halides is 3. The molecule has 1 fully saturated rings. The molecule has 28 heavy (non-hydrogen) atoms. The summed E-state index contributed by atoms with van der Waals surface area (Å²) in [5.41, 5.74) is -0.140. The van der Waals surface area contributed by atoms with Crippen molar-refractivity contribution in [3.63, 3.8) is 0 Å². The molecule has 1 unspecified atom stereocenters. The van der Waals surface area contributed by atoms with E-state index in [1.54, 1.807) is 6.07 Å². The summed E-state index contributed by atoms with van der Waals surface area (Å²) in [5.74, 6) is 1.23. The lowest BCUT2D eigenvalue weighted by Gasteiger charge is -2.37. The van der Waals surface area contributed by atoms with E-state index in [0.717, 1.165) is 31.5 Å². The molecular weight excluding hydrogens is 389 g/mol. The van der Waals surface area contributed by atoms with Crippen molar-refractivity contribution in [1.29, 1.82) is 0 Å². The van der Waals surface area contributed by atoms with Crippen LogP contribution < -0.4 is 10.5 Å². The highest BCUT2D eigenvalue weighted by molar-refractivity contribution is 7.99. The van der Waals surface area contributed by atoms with Gasteiger partial charge in [0.25, 0.3) is 5.56 Å². The molecule has 0 aliphatic carbocycles. The summed E-state index contributed by atoms with van der Waals surface area (Å²) in [6.07, 6.45) is -2.82. The first kappa shape index (κ1) is 20.7. The van der Waals surface area contributed by atoms with E-state index in [-0.39, 0.29) is 5.56 Å². The van der Waals surface area contributed by atoms with E-state index in [0.29, 0.717) is 29.9 Å². The number of piperazine rings is 1. The molecule has 3 rings (SSSR count). The lowest BCUT2D eigenvalue weighted by molar-refractivity contribution is -0.137. The Hall–Kier alpha value is -2.00. The summed E-state index contributed by atoms with van der Waals surface area (Å²) < 4.78 is 38.7. The van der Waals surface area contributed by atoms with Crippen molar-refractivity contribution in [3.05, 3.63) is 52.4 Å². The highest BCUT2D eigenvalue weighted by atomic mass is 32.2. The van der Waals surface area contributed by atoms with Crippen LogP contribution in [0.15, 0.2) is 46.5 Å². The fraction of sp³-hybridized carbons (Fsp3) is 0.474. The van der Waals surface area contributed by atoms with E-state index in [2.05, 4.69) is 21.8 Å². The highest BCUT2D eigenvalue weighted by Gasteiger charge is 2.31. The molecule has 1 aromatic carbocycles. The van der Waals surface area contributed by atoms with Gasteiger partial charge >= 0.3 is 6.18 Å². The summed E-state index contributed by atoms with van der Waals surface area (Å²) >= 11 is 1.52. The molecule has 0 bridgehead atoms. The zero-order valence-electron chi connectivity index (χ0n) is 15.6. The second kappa shape index (κ2) is 9.00. The fourth-order valence-corrected chi connectivity index (χ4v) is 4.06. The SMILES string of the molecule is CC(CSc1nccc(=O)[nH]1)CN1CCN(c2cccc(C(F)(F)F)c2)CC1. The van der Waals surface area contributed by atoms with Crippen molar-refractivity contribution in [3.8, 4) is 0 Å². The van der Waals surface area contributed by atoms with Crippen LogP contribution in [0, 0.1) is 5.92 Å². The zero-order chi connectivity index (χ0) is 20.1. The molecule has 2 heterocycles. The first-order valence-electron chi connectivity index (χ1n) is 9.14. The molecule has 0 spiro atoms. The largest absolute Gasteiger partial charge is 0.416 e. The summed E-state index contributed by atoms with van der Waals surface area (Å²) in [4.78, 5) is 22.5. The molecule has 1 atom stereocenters. The Bertz CT molecular complexity index is 834. The van der Waals surface area contributed by atoms with Gasteiger partial charge in [0, 0.05) is 56.4 Å². The van der Waals surface area contributed by atoms with Gasteiger partial charge in [-0.1, -0.05) is 24.8 Å². The standard InChI is InChI=1S/C19H23F3N4OS/c1-14(13-28-18-23-6-5-17(27)24-18)12-25-7-9-26(10-8-25)16-4-2-3-15(11-16)19(20,21)22/h2-6,11,14H,7-10,12-13H2,1H3,(H,23,24,27). The van der Waals surface area contributed by atoms with Gasteiger partial charge in [0.05, 0.1) is 5.56 Å². The van der Waals surface area contributed by atoms with Gasteiger partial charge in [0.2, 0.25) is 0 Å². The van der Waals surface area contributed by atoms with Gasteiger partial charge in [-0.25, -0.2) is 4.98 Å². The average molecular weight is 412 g/mol. The molecule has 9 heteroatoms. The Morgan fingerprint density at radius 2 is 1.96 bits per heavy atom. The van der Waals surface area contributed by atoms with Crippen molar-refractivity contribution in [2.24, 2.45) is 5.92 Å². The van der Waals surface area contributed by atoms with Gasteiger partial charge in [-0.05, 0) is 24.1 Å². The topological polar surface area (TPSA) is 52.2 Å². The summed E-state index contributed by atoms with van der Waals surface area (Å²) in [7, 11) is 0. The molecule has 5 nitrogen and oxygen atoms in total. The Balaban J connectivity index is 1.47. The van der Waals surface area contributed by atoms with Gasteiger partial charge in [-0.2, -0.15) is 13.2 Å². The van der Waals surface area contributed by atoms with Crippen molar-refractivity contribution in [2.75, 3.05) is 43.4 Å². The molecule has 0 saturated carbocycles. The number of thioether (sulfide) groups is 1. The first-order valence-corrected chi connectivity index (χ1v) is 10.1. The minimum absolute atomic E-state index is 0.157. The molecule has 152 valence electrons. The summed E-state index contributed by atoms with van der Waals surface area (Å²) in [6, 6.07) is 6.91. The number of rotatable bonds is 6. The fourth-order valence-electron chi connectivity index (χ4n) is 3.21. The molecule has 1 saturated heterocycles. The highest BCUT2D eigenvalue weighted by Crippen LogP contribution is 2.32. The number of nitrogens with one attached hydrogen (secondary N) is 1. The molecule has 2 aromatic rings. The molecule has 0 radical (unpaired) electrons. The predicted octanol–water partition coefficient (Wildman–Crippen LogP) is 3.34. The van der Waals surface area contributed by atoms with Crippen LogP contribution in [-0.4, -0.2) is 53.3 Å². The Morgan fingerprint density at radius 1 is 1.21 bits per heavy atom. The molecule has 1 aromatic heterocycles. The van der Waals surface area contributed by atoms with Gasteiger partial charge in [0.15, 0.2) is 5.16 Å². The van der Waals surface area contributed by atoms with Crippen molar-refractivity contribution in [1.82, 2.24) is 14.9 Å². The van der Waals surface area contributed by atoms with Gasteiger partial charge in [0.1, 0.15) is 0 Å². The third kappa shape index (κ3) is 5.75. The second-order valence-corrected chi connectivity index (χ2v) is 8.00. The number of aromatic nitrogens is 2. The van der Waals surface area contributed by atoms with Crippen LogP contribution >= 0.6 is 11.8 Å². The number of benzene rings is 1. The van der Waals surface area contributed by atoms with E-state index >= 15 is 0 Å².